The molecule has 2 atom stereocenters. The summed E-state index contributed by atoms with van der Waals surface area (Å²) in [5.74, 6) is 0.817. The highest BCUT2D eigenvalue weighted by Crippen LogP contribution is 2.43. The van der Waals surface area contributed by atoms with Crippen molar-refractivity contribution < 1.29 is 23.5 Å². The Morgan fingerprint density at radius 2 is 2.12 bits per heavy atom. The molecular weight excluding hydrogens is 428 g/mol. The van der Waals surface area contributed by atoms with E-state index in [0.717, 1.165) is 35.4 Å². The third-order valence-electron chi connectivity index (χ3n) is 5.82. The van der Waals surface area contributed by atoms with Gasteiger partial charge in [-0.3, -0.25) is 4.79 Å². The molecule has 0 saturated carbocycles. The molecule has 0 fully saturated rings. The number of thiophene rings is 1. The monoisotopic (exact) mass is 452 g/mol. The first-order valence-electron chi connectivity index (χ1n) is 10.8. The van der Waals surface area contributed by atoms with Crippen LogP contribution in [0.5, 0.6) is 11.5 Å². The molecule has 5 rings (SSSR count). The Kier molecular flexibility index (Phi) is 5.38. The highest BCUT2D eigenvalue weighted by Gasteiger charge is 2.33. The van der Waals surface area contributed by atoms with Gasteiger partial charge in [0.25, 0.3) is 5.91 Å². The van der Waals surface area contributed by atoms with E-state index in [2.05, 4.69) is 17.6 Å². The van der Waals surface area contributed by atoms with Gasteiger partial charge in [-0.1, -0.05) is 13.0 Å². The van der Waals surface area contributed by atoms with Crippen LogP contribution in [0.1, 0.15) is 63.4 Å². The Balaban J connectivity index is 1.41. The average molecular weight is 453 g/mol. The van der Waals surface area contributed by atoms with Crippen molar-refractivity contribution in [1.29, 1.82) is 0 Å². The number of hydrogen-bond donors (Lipinski definition) is 2. The quantitative estimate of drug-likeness (QED) is 0.421. The normalized spacial score (nSPS) is 19.4. The molecule has 0 radical (unpaired) electrons. The van der Waals surface area contributed by atoms with Gasteiger partial charge < -0.3 is 24.5 Å². The SMILES string of the molecule is CCOc1cc([C@H]2NC(=O)c3c(sc4c3CC[C@@H](C)C4)N2)ccc1OC(=O)c1ccco1. The highest BCUT2D eigenvalue weighted by molar-refractivity contribution is 7.16. The first-order valence-corrected chi connectivity index (χ1v) is 11.6. The van der Waals surface area contributed by atoms with E-state index in [-0.39, 0.29) is 11.7 Å². The molecule has 0 spiro atoms. The molecule has 2 aliphatic rings. The van der Waals surface area contributed by atoms with Gasteiger partial charge in [-0.15, -0.1) is 11.3 Å². The van der Waals surface area contributed by atoms with E-state index in [0.29, 0.717) is 24.0 Å². The van der Waals surface area contributed by atoms with Gasteiger partial charge in [0.2, 0.25) is 5.76 Å². The van der Waals surface area contributed by atoms with Gasteiger partial charge in [-0.25, -0.2) is 4.79 Å². The van der Waals surface area contributed by atoms with Crippen LogP contribution in [0.2, 0.25) is 0 Å². The first-order chi connectivity index (χ1) is 15.5. The van der Waals surface area contributed by atoms with E-state index >= 15 is 0 Å². The van der Waals surface area contributed by atoms with Crippen molar-refractivity contribution >= 4 is 28.2 Å². The number of nitrogens with one attached hydrogen (secondary N) is 2. The van der Waals surface area contributed by atoms with E-state index in [1.165, 1.54) is 22.8 Å². The topological polar surface area (TPSA) is 89.8 Å². The summed E-state index contributed by atoms with van der Waals surface area (Å²) < 4.78 is 16.3. The fraction of sp³-hybridized carbons (Fsp3) is 0.333. The van der Waals surface area contributed by atoms with Crippen molar-refractivity contribution in [3.05, 3.63) is 63.9 Å². The molecule has 8 heteroatoms. The number of fused-ring (bicyclic) bond motifs is 3. The highest BCUT2D eigenvalue weighted by atomic mass is 32.1. The number of carbonyl (C=O) groups excluding carboxylic acids is 2. The summed E-state index contributed by atoms with van der Waals surface area (Å²) in [6, 6.07) is 8.43. The lowest BCUT2D eigenvalue weighted by Crippen LogP contribution is -2.38. The maximum absolute atomic E-state index is 13.0. The summed E-state index contributed by atoms with van der Waals surface area (Å²) in [6.45, 7) is 4.52. The number of rotatable bonds is 5. The third kappa shape index (κ3) is 3.75. The van der Waals surface area contributed by atoms with Crippen LogP contribution in [-0.2, 0) is 12.8 Å². The minimum Gasteiger partial charge on any atom is -0.490 e. The standard InChI is InChI=1S/C24H24N2O5S/c1-3-29-18-12-14(7-9-16(18)31-24(28)17-5-4-10-30-17)21-25-22(27)20-15-8-6-13(2)11-19(15)32-23(20)26-21/h4-5,7,9-10,12-13,21,26H,3,6,8,11H2,1-2H3,(H,25,27)/t13-,21+/m1/s1. The van der Waals surface area contributed by atoms with Crippen LogP contribution in [0.25, 0.3) is 0 Å². The molecule has 2 N–H and O–H groups in total. The lowest BCUT2D eigenvalue weighted by Gasteiger charge is -2.27. The van der Waals surface area contributed by atoms with Crippen LogP contribution in [0, 0.1) is 5.92 Å². The molecule has 1 amide bonds. The van der Waals surface area contributed by atoms with Crippen LogP contribution in [-0.4, -0.2) is 18.5 Å². The largest absolute Gasteiger partial charge is 0.490 e. The zero-order chi connectivity index (χ0) is 22.2. The Morgan fingerprint density at radius 3 is 2.91 bits per heavy atom. The van der Waals surface area contributed by atoms with E-state index in [9.17, 15) is 9.59 Å². The van der Waals surface area contributed by atoms with Crippen molar-refractivity contribution in [2.75, 3.05) is 11.9 Å². The average Bonchev–Trinajstić information content (AvgIpc) is 3.42. The fourth-order valence-corrected chi connectivity index (χ4v) is 5.67. The Hall–Kier alpha value is -3.26. The number of furan rings is 1. The molecule has 0 unspecified atom stereocenters. The summed E-state index contributed by atoms with van der Waals surface area (Å²) in [4.78, 5) is 26.6. The second kappa shape index (κ2) is 8.35. The summed E-state index contributed by atoms with van der Waals surface area (Å²) in [5, 5.41) is 7.46. The van der Waals surface area contributed by atoms with Crippen LogP contribution >= 0.6 is 11.3 Å². The molecule has 1 aliphatic heterocycles. The predicted octanol–water partition coefficient (Wildman–Crippen LogP) is 4.94. The summed E-state index contributed by atoms with van der Waals surface area (Å²) in [7, 11) is 0. The van der Waals surface area contributed by atoms with Gasteiger partial charge in [-0.05, 0) is 67.5 Å². The van der Waals surface area contributed by atoms with Crippen molar-refractivity contribution in [3.63, 3.8) is 0 Å². The number of anilines is 1. The van der Waals surface area contributed by atoms with Crippen LogP contribution in [0.4, 0.5) is 5.00 Å². The number of benzene rings is 1. The lowest BCUT2D eigenvalue weighted by atomic mass is 9.88. The first kappa shape index (κ1) is 20.6. The number of amides is 1. The van der Waals surface area contributed by atoms with Crippen LogP contribution in [0.3, 0.4) is 0 Å². The molecule has 3 heterocycles. The second-order valence-electron chi connectivity index (χ2n) is 8.11. The van der Waals surface area contributed by atoms with E-state index < -0.39 is 12.1 Å². The Morgan fingerprint density at radius 1 is 1.25 bits per heavy atom. The summed E-state index contributed by atoms with van der Waals surface area (Å²) in [5.41, 5.74) is 2.80. The van der Waals surface area contributed by atoms with Gasteiger partial charge in [0, 0.05) is 4.88 Å². The number of ether oxygens (including phenoxy) is 2. The molecule has 3 aromatic rings. The minimum absolute atomic E-state index is 0.0536. The maximum atomic E-state index is 13.0. The van der Waals surface area contributed by atoms with Gasteiger partial charge in [0.05, 0.1) is 18.4 Å². The maximum Gasteiger partial charge on any atom is 0.379 e. The predicted molar refractivity (Wildman–Crippen MR) is 121 cm³/mol. The summed E-state index contributed by atoms with van der Waals surface area (Å²) in [6.07, 6.45) is 4.10. The molecule has 2 aromatic heterocycles. The van der Waals surface area contributed by atoms with Gasteiger partial charge in [0.1, 0.15) is 11.2 Å². The number of carbonyl (C=O) groups is 2. The second-order valence-corrected chi connectivity index (χ2v) is 9.22. The minimum atomic E-state index is -0.601. The van der Waals surface area contributed by atoms with E-state index in [1.54, 1.807) is 29.5 Å². The molecule has 0 saturated heterocycles. The van der Waals surface area contributed by atoms with Crippen molar-refractivity contribution in [2.24, 2.45) is 5.92 Å². The van der Waals surface area contributed by atoms with Gasteiger partial charge >= 0.3 is 5.97 Å². The number of hydrogen-bond acceptors (Lipinski definition) is 7. The van der Waals surface area contributed by atoms with Crippen molar-refractivity contribution in [3.8, 4) is 11.5 Å². The molecule has 32 heavy (non-hydrogen) atoms. The van der Waals surface area contributed by atoms with E-state index in [4.69, 9.17) is 13.9 Å². The third-order valence-corrected chi connectivity index (χ3v) is 7.00. The molecule has 1 aromatic carbocycles. The Labute approximate surface area is 189 Å². The van der Waals surface area contributed by atoms with E-state index in [1.807, 2.05) is 13.0 Å². The van der Waals surface area contributed by atoms with Gasteiger partial charge in [-0.2, -0.15) is 0 Å². The zero-order valence-corrected chi connectivity index (χ0v) is 18.7. The molecule has 0 bridgehead atoms. The zero-order valence-electron chi connectivity index (χ0n) is 17.9. The van der Waals surface area contributed by atoms with Crippen LogP contribution < -0.4 is 20.1 Å². The number of esters is 1. The molecule has 1 aliphatic carbocycles. The lowest BCUT2D eigenvalue weighted by molar-refractivity contribution is 0.0695. The van der Waals surface area contributed by atoms with Gasteiger partial charge in [0.15, 0.2) is 11.5 Å². The van der Waals surface area contributed by atoms with Crippen molar-refractivity contribution in [2.45, 2.75) is 39.3 Å². The molecule has 7 nitrogen and oxygen atoms in total. The molecular formula is C24H24N2O5S. The fourth-order valence-electron chi connectivity index (χ4n) is 4.23. The van der Waals surface area contributed by atoms with Crippen molar-refractivity contribution in [1.82, 2.24) is 5.32 Å². The molecule has 166 valence electrons. The van der Waals surface area contributed by atoms with Crippen LogP contribution in [0.15, 0.2) is 41.0 Å². The summed E-state index contributed by atoms with van der Waals surface area (Å²) >= 11 is 1.69. The Bertz CT molecular complexity index is 1170. The smallest absolute Gasteiger partial charge is 0.379 e.